The fraction of sp³-hybridized carbons (Fsp3) is 0.0645. The highest BCUT2D eigenvalue weighted by Gasteiger charge is 2.51. The lowest BCUT2D eigenvalue weighted by Gasteiger charge is -2.40. The highest BCUT2D eigenvalue weighted by molar-refractivity contribution is 7.00. The molecule has 0 fully saturated rings. The minimum absolute atomic E-state index is 0.378. The Bertz CT molecular complexity index is 4170. The van der Waals surface area contributed by atoms with Crippen LogP contribution < -0.4 is 51.7 Å². The second-order valence-electron chi connectivity index (χ2n) is 20.4. The number of hydrogen-bond acceptors (Lipinski definition) is 8. The summed E-state index contributed by atoms with van der Waals surface area (Å²) in [4.78, 5) is 20.6. The number of para-hydroxylation sites is 8. The molecule has 358 valence electrons. The summed E-state index contributed by atoms with van der Waals surface area (Å²) in [6, 6.07) is 58.6. The van der Waals surface area contributed by atoms with Crippen LogP contribution in [0.3, 0.4) is 0 Å². The highest BCUT2D eigenvalue weighted by Crippen LogP contribution is 2.50. The van der Waals surface area contributed by atoms with Gasteiger partial charge >= 0.3 is 0 Å². The SMILES string of the molecule is Cn1c(-c2ccc3c(c2)B2c4cc(-c5nc6ccccc6n5C)ccc4Oc4c5c6c(c(c42)O3)Oc2ccc(-c3nc4ccccc4n3C)cc2B6c2cc(-c3nc4ccccc4n3C)ccc2O5)nc2ccccc21. The highest BCUT2D eigenvalue weighted by atomic mass is 16.5. The smallest absolute Gasteiger partial charge is 0.261 e. The van der Waals surface area contributed by atoms with Gasteiger partial charge in [-0.3, -0.25) is 0 Å². The topological polar surface area (TPSA) is 108 Å². The van der Waals surface area contributed by atoms with Gasteiger partial charge in [-0.05, 0) is 119 Å². The number of fused-ring (bicyclic) bond motifs is 14. The van der Waals surface area contributed by atoms with E-state index in [9.17, 15) is 0 Å². The van der Waals surface area contributed by atoms with Crippen molar-refractivity contribution in [2.75, 3.05) is 0 Å². The molecular weight excluding hydrogens is 942 g/mol. The summed E-state index contributed by atoms with van der Waals surface area (Å²) in [6.45, 7) is -0.756. The summed E-state index contributed by atoms with van der Waals surface area (Å²) in [5, 5.41) is 0. The van der Waals surface area contributed by atoms with E-state index in [4.69, 9.17) is 38.9 Å². The van der Waals surface area contributed by atoms with Gasteiger partial charge < -0.3 is 37.2 Å². The molecule has 13 aromatic rings. The Morgan fingerprint density at radius 3 is 0.776 bits per heavy atom. The monoisotopic (exact) mass is 982 g/mol. The maximum atomic E-state index is 7.32. The van der Waals surface area contributed by atoms with Crippen LogP contribution in [0.4, 0.5) is 0 Å². The van der Waals surface area contributed by atoms with Crippen LogP contribution in [-0.2, 0) is 28.2 Å². The van der Waals surface area contributed by atoms with Gasteiger partial charge in [0.05, 0.1) is 44.1 Å². The molecule has 9 aromatic carbocycles. The van der Waals surface area contributed by atoms with Gasteiger partial charge in [-0.15, -0.1) is 0 Å². The van der Waals surface area contributed by atoms with Crippen LogP contribution in [0.25, 0.3) is 89.7 Å². The fourth-order valence-electron chi connectivity index (χ4n) is 12.7. The number of aryl methyl sites for hydroxylation is 4. The molecule has 0 aliphatic carbocycles. The van der Waals surface area contributed by atoms with Crippen LogP contribution in [0.1, 0.15) is 0 Å². The van der Waals surface area contributed by atoms with E-state index in [0.717, 1.165) is 122 Å². The van der Waals surface area contributed by atoms with Crippen molar-refractivity contribution in [3.8, 4) is 91.5 Å². The van der Waals surface area contributed by atoms with Crippen molar-refractivity contribution in [3.63, 3.8) is 0 Å². The van der Waals surface area contributed by atoms with Crippen molar-refractivity contribution in [2.24, 2.45) is 28.2 Å². The van der Waals surface area contributed by atoms with Gasteiger partial charge in [0.2, 0.25) is 0 Å². The molecule has 12 nitrogen and oxygen atoms in total. The number of benzene rings is 9. The zero-order valence-electron chi connectivity index (χ0n) is 41.5. The number of ether oxygens (including phenoxy) is 4. The molecule has 0 amide bonds. The average Bonchev–Trinajstić information content (AvgIpc) is 4.34. The predicted molar refractivity (Wildman–Crippen MR) is 301 cm³/mol. The van der Waals surface area contributed by atoms with E-state index < -0.39 is 0 Å². The number of imidazole rings is 4. The number of nitrogens with zero attached hydrogens (tertiary/aromatic N) is 8. The van der Waals surface area contributed by atoms with Crippen LogP contribution in [0.5, 0.6) is 46.0 Å². The molecule has 8 heterocycles. The number of aromatic nitrogens is 8. The van der Waals surface area contributed by atoms with E-state index >= 15 is 0 Å². The maximum Gasteiger partial charge on any atom is 0.261 e. The normalized spacial score (nSPS) is 13.4. The van der Waals surface area contributed by atoms with Crippen molar-refractivity contribution >= 4 is 90.3 Å². The van der Waals surface area contributed by atoms with Crippen LogP contribution in [0, 0.1) is 0 Å². The van der Waals surface area contributed by atoms with E-state index in [0.29, 0.717) is 46.0 Å². The van der Waals surface area contributed by atoms with E-state index in [-0.39, 0.29) is 13.4 Å². The van der Waals surface area contributed by atoms with Crippen molar-refractivity contribution < 1.29 is 18.9 Å². The van der Waals surface area contributed by atoms with Crippen molar-refractivity contribution in [2.45, 2.75) is 0 Å². The van der Waals surface area contributed by atoms with Crippen LogP contribution >= 0.6 is 0 Å². The molecule has 17 rings (SSSR count). The summed E-state index contributed by atoms with van der Waals surface area (Å²) >= 11 is 0. The van der Waals surface area contributed by atoms with Gasteiger partial charge in [0.1, 0.15) is 46.3 Å². The first-order valence-electron chi connectivity index (χ1n) is 25.5. The summed E-state index contributed by atoms with van der Waals surface area (Å²) in [5.74, 6) is 8.65. The van der Waals surface area contributed by atoms with Gasteiger partial charge in [-0.25, -0.2) is 19.9 Å². The first kappa shape index (κ1) is 41.6. The molecule has 0 unspecified atom stereocenters. The molecule has 0 N–H and O–H groups in total. The van der Waals surface area contributed by atoms with E-state index in [1.54, 1.807) is 0 Å². The third kappa shape index (κ3) is 5.59. The van der Waals surface area contributed by atoms with Gasteiger partial charge in [0.25, 0.3) is 13.4 Å². The molecule has 0 saturated heterocycles. The third-order valence-corrected chi connectivity index (χ3v) is 16.3. The largest absolute Gasteiger partial charge is 0.454 e. The lowest BCUT2D eigenvalue weighted by molar-refractivity contribution is 0.397. The molecule has 0 spiro atoms. The Morgan fingerprint density at radius 2 is 0.539 bits per heavy atom. The van der Waals surface area contributed by atoms with Crippen molar-refractivity contribution in [3.05, 3.63) is 170 Å². The lowest BCUT2D eigenvalue weighted by Crippen LogP contribution is -2.61. The standard InChI is InChI=1S/C62H40B2N8O4/c1-69-45-17-9-5-13-41(45)65-59(69)33-21-25-49-37(29-33)63-38-30-34(60-66-42-14-6-10-18-46(42)70(60)2)22-26-50(38)74-56-53(63)55(73-49)57-54-58(56)76-52-28-24-36(62-68-44-16-8-12-20-48(44)72(62)4)32-40(52)64(54)39-31-35(23-27-51(39)75-57)61-67-43-15-7-11-19-47(43)71(61)3/h5-32H,1-4H3. The molecule has 76 heavy (non-hydrogen) atoms. The van der Waals surface area contributed by atoms with Crippen molar-refractivity contribution in [1.82, 2.24) is 38.2 Å². The molecule has 4 aromatic heterocycles. The summed E-state index contributed by atoms with van der Waals surface area (Å²) in [6.07, 6.45) is 0. The molecule has 4 aliphatic rings. The molecule has 14 heteroatoms. The Kier molecular flexibility index (Phi) is 8.17. The lowest BCUT2D eigenvalue weighted by atomic mass is 9.32. The van der Waals surface area contributed by atoms with Gasteiger partial charge in [0, 0.05) is 61.4 Å². The summed E-state index contributed by atoms with van der Waals surface area (Å²) in [7, 11) is 8.28. The summed E-state index contributed by atoms with van der Waals surface area (Å²) in [5.41, 5.74) is 17.4. The Balaban J connectivity index is 0.909. The van der Waals surface area contributed by atoms with E-state index in [2.05, 4.69) is 192 Å². The second kappa shape index (κ2) is 14.9. The second-order valence-corrected chi connectivity index (χ2v) is 20.4. The summed E-state index contributed by atoms with van der Waals surface area (Å²) < 4.78 is 37.9. The first-order valence-corrected chi connectivity index (χ1v) is 25.5. The quantitative estimate of drug-likeness (QED) is 0.161. The predicted octanol–water partition coefficient (Wildman–Crippen LogP) is 9.36. The Morgan fingerprint density at radius 1 is 0.303 bits per heavy atom. The minimum Gasteiger partial charge on any atom is -0.454 e. The molecule has 0 bridgehead atoms. The zero-order chi connectivity index (χ0) is 50.2. The van der Waals surface area contributed by atoms with Gasteiger partial charge in [-0.1, -0.05) is 72.8 Å². The fourth-order valence-corrected chi connectivity index (χ4v) is 12.7. The minimum atomic E-state index is -0.378. The van der Waals surface area contributed by atoms with Gasteiger partial charge in [0.15, 0.2) is 23.0 Å². The number of rotatable bonds is 4. The maximum absolute atomic E-state index is 7.32. The molecule has 4 aliphatic heterocycles. The van der Waals surface area contributed by atoms with Crippen LogP contribution in [0.2, 0.25) is 0 Å². The molecule has 0 saturated carbocycles. The third-order valence-electron chi connectivity index (χ3n) is 16.3. The van der Waals surface area contributed by atoms with Crippen LogP contribution in [0.15, 0.2) is 170 Å². The Hall–Kier alpha value is -9.81. The average molecular weight is 983 g/mol. The Labute approximate surface area is 435 Å². The van der Waals surface area contributed by atoms with E-state index in [1.807, 2.05) is 24.3 Å². The molecule has 0 atom stereocenters. The molecular formula is C62H40B2N8O4. The van der Waals surface area contributed by atoms with Gasteiger partial charge in [-0.2, -0.15) is 0 Å². The van der Waals surface area contributed by atoms with Crippen molar-refractivity contribution in [1.29, 1.82) is 0 Å². The first-order chi connectivity index (χ1) is 37.3. The zero-order valence-corrected chi connectivity index (χ0v) is 41.5. The van der Waals surface area contributed by atoms with E-state index in [1.165, 1.54) is 0 Å². The number of hydrogen-bond donors (Lipinski definition) is 0. The molecule has 0 radical (unpaired) electrons. The van der Waals surface area contributed by atoms with Crippen LogP contribution in [-0.4, -0.2) is 51.6 Å².